The third kappa shape index (κ3) is 5.98. The SMILES string of the molecule is Ic1ccc(CN2CCN(CCOC3CCNCC3)CC2)cc1. The van der Waals surface area contributed by atoms with Crippen LogP contribution in [0, 0.1) is 3.57 Å². The molecule has 2 saturated heterocycles. The molecule has 2 aliphatic heterocycles. The molecule has 2 fully saturated rings. The molecule has 0 aliphatic carbocycles. The van der Waals surface area contributed by atoms with Gasteiger partial charge in [-0.15, -0.1) is 0 Å². The van der Waals surface area contributed by atoms with Gasteiger partial charge in [-0.2, -0.15) is 0 Å². The van der Waals surface area contributed by atoms with Crippen LogP contribution >= 0.6 is 22.6 Å². The van der Waals surface area contributed by atoms with Crippen molar-refractivity contribution in [1.29, 1.82) is 0 Å². The Morgan fingerprint density at radius 1 is 1.00 bits per heavy atom. The summed E-state index contributed by atoms with van der Waals surface area (Å²) >= 11 is 2.36. The van der Waals surface area contributed by atoms with E-state index in [4.69, 9.17) is 4.74 Å². The van der Waals surface area contributed by atoms with Gasteiger partial charge in [-0.3, -0.25) is 9.80 Å². The average Bonchev–Trinajstić information content (AvgIpc) is 2.59. The molecule has 0 amide bonds. The number of ether oxygens (including phenoxy) is 1. The molecule has 1 aromatic carbocycles. The number of piperazine rings is 1. The molecule has 0 saturated carbocycles. The van der Waals surface area contributed by atoms with Crippen molar-refractivity contribution in [2.24, 2.45) is 0 Å². The number of piperidine rings is 1. The van der Waals surface area contributed by atoms with E-state index in [1.165, 1.54) is 48.2 Å². The van der Waals surface area contributed by atoms with E-state index < -0.39 is 0 Å². The van der Waals surface area contributed by atoms with Crippen LogP contribution in [0.25, 0.3) is 0 Å². The van der Waals surface area contributed by atoms with Crippen LogP contribution in [0.15, 0.2) is 24.3 Å². The Morgan fingerprint density at radius 2 is 1.65 bits per heavy atom. The number of hydrogen-bond acceptors (Lipinski definition) is 4. The van der Waals surface area contributed by atoms with E-state index in [9.17, 15) is 0 Å². The number of rotatable bonds is 6. The molecule has 0 unspecified atom stereocenters. The maximum Gasteiger partial charge on any atom is 0.0600 e. The minimum atomic E-state index is 0.485. The van der Waals surface area contributed by atoms with Crippen LogP contribution in [-0.4, -0.2) is 68.3 Å². The molecule has 0 aromatic heterocycles. The smallest absolute Gasteiger partial charge is 0.0600 e. The molecule has 1 N–H and O–H groups in total. The van der Waals surface area contributed by atoms with Gasteiger partial charge in [-0.05, 0) is 66.2 Å². The number of benzene rings is 1. The van der Waals surface area contributed by atoms with Gasteiger partial charge in [0.1, 0.15) is 0 Å². The van der Waals surface area contributed by atoms with E-state index in [1.807, 2.05) is 0 Å². The predicted molar refractivity (Wildman–Crippen MR) is 103 cm³/mol. The van der Waals surface area contributed by atoms with Crippen LogP contribution in [0.1, 0.15) is 18.4 Å². The minimum absolute atomic E-state index is 0.485. The van der Waals surface area contributed by atoms with Crippen LogP contribution < -0.4 is 5.32 Å². The third-order valence-electron chi connectivity index (χ3n) is 4.83. The van der Waals surface area contributed by atoms with Gasteiger partial charge in [-0.25, -0.2) is 0 Å². The first-order valence-corrected chi connectivity index (χ1v) is 9.89. The summed E-state index contributed by atoms with van der Waals surface area (Å²) in [6.07, 6.45) is 2.83. The van der Waals surface area contributed by atoms with E-state index in [1.54, 1.807) is 0 Å². The molecule has 3 rings (SSSR count). The van der Waals surface area contributed by atoms with E-state index in [0.717, 1.165) is 32.8 Å². The summed E-state index contributed by atoms with van der Waals surface area (Å²) in [6.45, 7) is 9.95. The topological polar surface area (TPSA) is 27.7 Å². The quantitative estimate of drug-likeness (QED) is 0.702. The number of hydrogen-bond donors (Lipinski definition) is 1. The molecular formula is C18H28IN3O. The maximum absolute atomic E-state index is 6.02. The van der Waals surface area contributed by atoms with Gasteiger partial charge < -0.3 is 10.1 Å². The van der Waals surface area contributed by atoms with Crippen LogP contribution in [0.5, 0.6) is 0 Å². The summed E-state index contributed by atoms with van der Waals surface area (Å²) in [7, 11) is 0. The van der Waals surface area contributed by atoms with Crippen LogP contribution in [0.4, 0.5) is 0 Å². The first kappa shape index (κ1) is 17.6. The highest BCUT2D eigenvalue weighted by Gasteiger charge is 2.18. The van der Waals surface area contributed by atoms with E-state index in [0.29, 0.717) is 6.10 Å². The Hall–Kier alpha value is -0.210. The molecule has 128 valence electrons. The van der Waals surface area contributed by atoms with Crippen LogP contribution in [0.3, 0.4) is 0 Å². The van der Waals surface area contributed by atoms with Crippen molar-refractivity contribution in [3.05, 3.63) is 33.4 Å². The van der Waals surface area contributed by atoms with Gasteiger partial charge in [0.2, 0.25) is 0 Å². The molecule has 2 heterocycles. The van der Waals surface area contributed by atoms with Crippen molar-refractivity contribution < 1.29 is 4.74 Å². The van der Waals surface area contributed by atoms with Gasteiger partial charge in [0.15, 0.2) is 0 Å². The van der Waals surface area contributed by atoms with Crippen molar-refractivity contribution >= 4 is 22.6 Å². The maximum atomic E-state index is 6.02. The molecule has 0 atom stereocenters. The zero-order valence-corrected chi connectivity index (χ0v) is 16.0. The summed E-state index contributed by atoms with van der Waals surface area (Å²) < 4.78 is 7.33. The fraction of sp³-hybridized carbons (Fsp3) is 0.667. The van der Waals surface area contributed by atoms with Crippen molar-refractivity contribution in [2.45, 2.75) is 25.5 Å². The lowest BCUT2D eigenvalue weighted by atomic mass is 10.1. The van der Waals surface area contributed by atoms with Crippen molar-refractivity contribution in [2.75, 3.05) is 52.4 Å². The van der Waals surface area contributed by atoms with E-state index in [-0.39, 0.29) is 0 Å². The molecule has 5 heteroatoms. The molecule has 1 aromatic rings. The summed E-state index contributed by atoms with van der Waals surface area (Å²) in [5.41, 5.74) is 1.42. The Morgan fingerprint density at radius 3 is 2.35 bits per heavy atom. The molecule has 0 bridgehead atoms. The zero-order chi connectivity index (χ0) is 15.9. The summed E-state index contributed by atoms with van der Waals surface area (Å²) in [5.74, 6) is 0. The highest BCUT2D eigenvalue weighted by Crippen LogP contribution is 2.12. The third-order valence-corrected chi connectivity index (χ3v) is 5.55. The molecular weight excluding hydrogens is 401 g/mol. The second-order valence-corrected chi connectivity index (χ2v) is 7.81. The summed E-state index contributed by atoms with van der Waals surface area (Å²) in [5, 5.41) is 3.39. The van der Waals surface area contributed by atoms with Gasteiger partial charge in [0.05, 0.1) is 12.7 Å². The largest absolute Gasteiger partial charge is 0.377 e. The van der Waals surface area contributed by atoms with Crippen LogP contribution in [0.2, 0.25) is 0 Å². The average molecular weight is 429 g/mol. The van der Waals surface area contributed by atoms with Crippen molar-refractivity contribution in [3.8, 4) is 0 Å². The Kier molecular flexibility index (Phi) is 7.13. The predicted octanol–water partition coefficient (Wildman–Crippen LogP) is 2.18. The van der Waals surface area contributed by atoms with E-state index in [2.05, 4.69) is 62.0 Å². The minimum Gasteiger partial charge on any atom is -0.377 e. The second kappa shape index (κ2) is 9.32. The molecule has 23 heavy (non-hydrogen) atoms. The molecule has 4 nitrogen and oxygen atoms in total. The van der Waals surface area contributed by atoms with Crippen LogP contribution in [-0.2, 0) is 11.3 Å². The molecule has 0 spiro atoms. The highest BCUT2D eigenvalue weighted by molar-refractivity contribution is 14.1. The van der Waals surface area contributed by atoms with Gasteiger partial charge in [-0.1, -0.05) is 12.1 Å². The molecule has 0 radical (unpaired) electrons. The first-order chi connectivity index (χ1) is 11.3. The summed E-state index contributed by atoms with van der Waals surface area (Å²) in [6, 6.07) is 8.90. The Balaban J connectivity index is 1.31. The van der Waals surface area contributed by atoms with E-state index >= 15 is 0 Å². The zero-order valence-electron chi connectivity index (χ0n) is 13.8. The second-order valence-electron chi connectivity index (χ2n) is 6.56. The Bertz CT molecular complexity index is 454. The van der Waals surface area contributed by atoms with Gasteiger partial charge in [0, 0.05) is 42.8 Å². The highest BCUT2D eigenvalue weighted by atomic mass is 127. The fourth-order valence-corrected chi connectivity index (χ4v) is 3.69. The summed E-state index contributed by atoms with van der Waals surface area (Å²) in [4.78, 5) is 5.11. The first-order valence-electron chi connectivity index (χ1n) is 8.81. The lowest BCUT2D eigenvalue weighted by molar-refractivity contribution is 0.0123. The monoisotopic (exact) mass is 429 g/mol. The number of halogens is 1. The fourth-order valence-electron chi connectivity index (χ4n) is 3.33. The number of nitrogens with zero attached hydrogens (tertiary/aromatic N) is 2. The van der Waals surface area contributed by atoms with Crippen molar-refractivity contribution in [3.63, 3.8) is 0 Å². The lowest BCUT2D eigenvalue weighted by Gasteiger charge is -2.35. The normalized spacial score (nSPS) is 21.6. The lowest BCUT2D eigenvalue weighted by Crippen LogP contribution is -2.47. The number of nitrogens with one attached hydrogen (secondary N) is 1. The molecule has 2 aliphatic rings. The Labute approximate surface area is 153 Å². The standard InChI is InChI=1S/C18H28IN3O/c19-17-3-1-16(2-4-17)15-22-11-9-21(10-12-22)13-14-23-18-5-7-20-8-6-18/h1-4,18,20H,5-15H2. The van der Waals surface area contributed by atoms with Gasteiger partial charge >= 0.3 is 0 Å². The van der Waals surface area contributed by atoms with Crippen molar-refractivity contribution in [1.82, 2.24) is 15.1 Å². The van der Waals surface area contributed by atoms with Gasteiger partial charge in [0.25, 0.3) is 0 Å².